The number of aryl methyl sites for hydroxylation is 4. The molecule has 0 bridgehead atoms. The first-order valence-corrected chi connectivity index (χ1v) is 22.7. The average molecular weight is 809 g/mol. The molecule has 8 aromatic rings. The summed E-state index contributed by atoms with van der Waals surface area (Å²) in [5, 5.41) is 2.32. The van der Waals surface area contributed by atoms with Crippen molar-refractivity contribution in [3.8, 4) is 11.1 Å². The number of rotatable bonds is 3. The normalized spacial score (nSPS) is 16.0. The average Bonchev–Trinajstić information content (AvgIpc) is 3.61. The van der Waals surface area contributed by atoms with E-state index < -0.39 is 0 Å². The van der Waals surface area contributed by atoms with Gasteiger partial charge < -0.3 is 14.2 Å². The van der Waals surface area contributed by atoms with Gasteiger partial charge in [0.05, 0.1) is 0 Å². The summed E-state index contributed by atoms with van der Waals surface area (Å²) in [6.07, 6.45) is 2.31. The van der Waals surface area contributed by atoms with Crippen molar-refractivity contribution in [2.75, 3.05) is 9.80 Å². The minimum Gasteiger partial charge on any atom is -0.457 e. The van der Waals surface area contributed by atoms with E-state index in [1.54, 1.807) is 0 Å². The fourth-order valence-electron chi connectivity index (χ4n) is 11.4. The molecule has 1 aromatic heterocycles. The number of benzene rings is 7. The van der Waals surface area contributed by atoms with E-state index in [0.29, 0.717) is 0 Å². The third kappa shape index (κ3) is 5.57. The van der Waals surface area contributed by atoms with Crippen molar-refractivity contribution in [3.63, 3.8) is 0 Å². The Morgan fingerprint density at radius 1 is 0.516 bits per heavy atom. The molecule has 11 rings (SSSR count). The molecule has 0 fully saturated rings. The molecular weight excluding hydrogens is 751 g/mol. The van der Waals surface area contributed by atoms with Crippen molar-refractivity contribution in [1.29, 1.82) is 0 Å². The van der Waals surface area contributed by atoms with Crippen LogP contribution in [-0.2, 0) is 16.2 Å². The summed E-state index contributed by atoms with van der Waals surface area (Å²) >= 11 is 0. The van der Waals surface area contributed by atoms with Gasteiger partial charge in [-0.1, -0.05) is 121 Å². The van der Waals surface area contributed by atoms with Gasteiger partial charge >= 0.3 is 0 Å². The fraction of sp³-hybridized carbons (Fsp3) is 0.276. The quantitative estimate of drug-likeness (QED) is 0.166. The molecule has 0 saturated heterocycles. The first-order chi connectivity index (χ1) is 29.5. The highest BCUT2D eigenvalue weighted by atomic mass is 16.3. The lowest BCUT2D eigenvalue weighted by atomic mass is 9.32. The number of para-hydroxylation sites is 2. The summed E-state index contributed by atoms with van der Waals surface area (Å²) in [5.74, 6) is 0. The summed E-state index contributed by atoms with van der Waals surface area (Å²) in [6.45, 7) is 25.8. The Labute approximate surface area is 368 Å². The first-order valence-electron chi connectivity index (χ1n) is 22.7. The van der Waals surface area contributed by atoms with E-state index in [-0.39, 0.29) is 23.0 Å². The summed E-state index contributed by atoms with van der Waals surface area (Å²) in [5.41, 5.74) is 25.1. The van der Waals surface area contributed by atoms with Crippen LogP contribution in [0.5, 0.6) is 0 Å². The Balaban J connectivity index is 1.35. The molecule has 3 nitrogen and oxygen atoms in total. The van der Waals surface area contributed by atoms with Crippen LogP contribution in [0.3, 0.4) is 0 Å². The van der Waals surface area contributed by atoms with Crippen LogP contribution in [0, 0.1) is 27.7 Å². The molecule has 0 amide bonds. The molecule has 1 aliphatic carbocycles. The summed E-state index contributed by atoms with van der Waals surface area (Å²) in [6, 6.07) is 46.4. The zero-order valence-electron chi connectivity index (χ0n) is 38.3. The van der Waals surface area contributed by atoms with E-state index in [2.05, 4.69) is 207 Å². The number of furan rings is 1. The van der Waals surface area contributed by atoms with Gasteiger partial charge in [-0.25, -0.2) is 0 Å². The molecule has 7 aromatic carbocycles. The Bertz CT molecular complexity index is 3170. The smallest absolute Gasteiger partial charge is 0.257 e. The van der Waals surface area contributed by atoms with Crippen LogP contribution in [-0.4, -0.2) is 6.71 Å². The lowest BCUT2D eigenvalue weighted by Gasteiger charge is -2.47. The molecule has 308 valence electrons. The lowest BCUT2D eigenvalue weighted by molar-refractivity contribution is 0.332. The summed E-state index contributed by atoms with van der Waals surface area (Å²) in [4.78, 5) is 5.22. The van der Waals surface area contributed by atoms with Gasteiger partial charge in [0.25, 0.3) is 6.71 Å². The van der Waals surface area contributed by atoms with Crippen LogP contribution in [0.1, 0.15) is 100 Å². The van der Waals surface area contributed by atoms with Crippen LogP contribution in [0.4, 0.5) is 34.1 Å². The van der Waals surface area contributed by atoms with E-state index in [9.17, 15) is 0 Å². The fourth-order valence-corrected chi connectivity index (χ4v) is 11.4. The zero-order chi connectivity index (χ0) is 43.2. The largest absolute Gasteiger partial charge is 0.457 e. The van der Waals surface area contributed by atoms with Gasteiger partial charge in [0.2, 0.25) is 0 Å². The standard InChI is InChI=1S/C58H57BN2O/c1-34-17-12-14-21-45(34)60-47-26-24-41-40-20-13-15-22-51(40)62-55(41)54(47)59-44-32-42-43(58(10,11)28-27-57(42,8)9)33-48(44)61(46-25-23-39(29-37(46)4)56(5,6)7)50-31-38(30-49(60)53(50)59)52-35(2)18-16-19-36(52)3/h12-26,29-33H,27-28H2,1-11H3. The molecule has 0 N–H and O–H groups in total. The molecule has 0 atom stereocenters. The second-order valence-corrected chi connectivity index (χ2v) is 21.0. The maximum absolute atomic E-state index is 7.14. The van der Waals surface area contributed by atoms with Gasteiger partial charge in [-0.05, 0) is 172 Å². The number of hydrogen-bond donors (Lipinski definition) is 0. The number of hydrogen-bond acceptors (Lipinski definition) is 3. The van der Waals surface area contributed by atoms with Crippen LogP contribution in [0.25, 0.3) is 33.1 Å². The monoisotopic (exact) mass is 808 g/mol. The van der Waals surface area contributed by atoms with E-state index in [1.807, 2.05) is 0 Å². The third-order valence-corrected chi connectivity index (χ3v) is 15.0. The van der Waals surface area contributed by atoms with Crippen LogP contribution in [0.15, 0.2) is 126 Å². The molecule has 3 heterocycles. The molecule has 0 unspecified atom stereocenters. The highest BCUT2D eigenvalue weighted by Gasteiger charge is 2.48. The van der Waals surface area contributed by atoms with E-state index in [1.165, 1.54) is 106 Å². The van der Waals surface area contributed by atoms with Gasteiger partial charge in [-0.15, -0.1) is 0 Å². The summed E-state index contributed by atoms with van der Waals surface area (Å²) in [7, 11) is 0. The number of anilines is 6. The maximum Gasteiger partial charge on any atom is 0.257 e. The summed E-state index contributed by atoms with van der Waals surface area (Å²) < 4.78 is 7.14. The van der Waals surface area contributed by atoms with Crippen molar-refractivity contribution in [3.05, 3.63) is 160 Å². The van der Waals surface area contributed by atoms with Crippen molar-refractivity contribution in [2.45, 2.75) is 105 Å². The first kappa shape index (κ1) is 38.9. The Morgan fingerprint density at radius 2 is 1.11 bits per heavy atom. The highest BCUT2D eigenvalue weighted by Crippen LogP contribution is 2.52. The molecule has 62 heavy (non-hydrogen) atoms. The molecule has 2 aliphatic heterocycles. The van der Waals surface area contributed by atoms with Crippen molar-refractivity contribution < 1.29 is 4.42 Å². The number of fused-ring (bicyclic) bond motifs is 9. The minimum absolute atomic E-state index is 0.0278. The van der Waals surface area contributed by atoms with Crippen LogP contribution in [0.2, 0.25) is 0 Å². The topological polar surface area (TPSA) is 19.6 Å². The molecule has 0 radical (unpaired) electrons. The van der Waals surface area contributed by atoms with Gasteiger partial charge in [0.1, 0.15) is 11.2 Å². The predicted octanol–water partition coefficient (Wildman–Crippen LogP) is 14.2. The minimum atomic E-state index is -0.0851. The molecule has 3 aliphatic rings. The highest BCUT2D eigenvalue weighted by molar-refractivity contribution is 7.01. The van der Waals surface area contributed by atoms with Crippen LogP contribution < -0.4 is 26.2 Å². The molecule has 0 saturated carbocycles. The molecule has 4 heteroatoms. The van der Waals surface area contributed by atoms with E-state index in [4.69, 9.17) is 4.42 Å². The van der Waals surface area contributed by atoms with Gasteiger partial charge in [0, 0.05) is 44.9 Å². The number of nitrogens with zero attached hydrogens (tertiary/aromatic N) is 2. The molecule has 0 spiro atoms. The lowest BCUT2D eigenvalue weighted by Crippen LogP contribution is -2.62. The Morgan fingerprint density at radius 3 is 1.79 bits per heavy atom. The van der Waals surface area contributed by atoms with E-state index in [0.717, 1.165) is 29.4 Å². The van der Waals surface area contributed by atoms with Crippen molar-refractivity contribution in [1.82, 2.24) is 0 Å². The Kier molecular flexibility index (Phi) is 8.32. The Hall–Kier alpha value is -6.00. The van der Waals surface area contributed by atoms with Gasteiger partial charge in [-0.3, -0.25) is 0 Å². The van der Waals surface area contributed by atoms with Crippen molar-refractivity contribution >= 4 is 79.2 Å². The third-order valence-electron chi connectivity index (χ3n) is 15.0. The van der Waals surface area contributed by atoms with Crippen molar-refractivity contribution in [2.24, 2.45) is 0 Å². The maximum atomic E-state index is 7.14. The predicted molar refractivity (Wildman–Crippen MR) is 266 cm³/mol. The second-order valence-electron chi connectivity index (χ2n) is 21.0. The van der Waals surface area contributed by atoms with Gasteiger partial charge in [-0.2, -0.15) is 0 Å². The zero-order valence-corrected chi connectivity index (χ0v) is 38.3. The SMILES string of the molecule is Cc1cc(C(C)(C)C)ccc1N1c2cc3c(cc2B2c4c1cc(-c1c(C)cccc1C)cc4N(c1ccccc1C)c1ccc4c(oc5ccccc54)c12)C(C)(C)CCC3(C)C. The van der Waals surface area contributed by atoms with Gasteiger partial charge in [0.15, 0.2) is 0 Å². The second kappa shape index (κ2) is 13.3. The molecular formula is C58H57BN2O. The van der Waals surface area contributed by atoms with E-state index >= 15 is 0 Å². The van der Waals surface area contributed by atoms with Crippen LogP contribution >= 0.6 is 0 Å².